The Morgan fingerprint density at radius 1 is 1.29 bits per heavy atom. The predicted octanol–water partition coefficient (Wildman–Crippen LogP) is 3.66. The lowest BCUT2D eigenvalue weighted by molar-refractivity contribution is 0.368. The number of fused-ring (bicyclic) bond motifs is 1. The number of nitriles is 1. The Morgan fingerprint density at radius 3 is 2.83 bits per heavy atom. The molecule has 7 heteroatoms. The van der Waals surface area contributed by atoms with E-state index in [1.807, 2.05) is 18.2 Å². The van der Waals surface area contributed by atoms with E-state index in [0.717, 1.165) is 15.8 Å². The number of ether oxygens (including phenoxy) is 1. The Hall–Kier alpha value is -2.98. The van der Waals surface area contributed by atoms with E-state index in [-0.39, 0.29) is 6.61 Å². The molecule has 0 amide bonds. The van der Waals surface area contributed by atoms with E-state index < -0.39 is 0 Å². The summed E-state index contributed by atoms with van der Waals surface area (Å²) in [6.07, 6.45) is 3.24. The Bertz CT molecular complexity index is 925. The van der Waals surface area contributed by atoms with Crippen molar-refractivity contribution in [3.8, 4) is 11.8 Å². The lowest BCUT2D eigenvalue weighted by Crippen LogP contribution is -1.96. The molecule has 0 atom stereocenters. The van der Waals surface area contributed by atoms with Gasteiger partial charge in [0.1, 0.15) is 23.0 Å². The van der Waals surface area contributed by atoms with Gasteiger partial charge < -0.3 is 4.74 Å². The third-order valence-corrected chi connectivity index (χ3v) is 4.65. The molecule has 0 aliphatic rings. The fourth-order valence-corrected chi connectivity index (χ4v) is 3.20. The van der Waals surface area contributed by atoms with Crippen LogP contribution in [-0.4, -0.2) is 22.8 Å². The minimum atomic E-state index is 0.0398. The highest BCUT2D eigenvalue weighted by molar-refractivity contribution is 7.18. The van der Waals surface area contributed by atoms with Crippen molar-refractivity contribution in [1.29, 1.82) is 5.26 Å². The molecule has 0 bridgehead atoms. The first-order valence-electron chi connectivity index (χ1n) is 7.28. The Balaban J connectivity index is 1.74. The predicted molar refractivity (Wildman–Crippen MR) is 95.7 cm³/mol. The molecule has 1 N–H and O–H groups in total. The summed E-state index contributed by atoms with van der Waals surface area (Å²) in [5.74, 6) is 1.36. The molecule has 1 aromatic carbocycles. The van der Waals surface area contributed by atoms with E-state index in [4.69, 9.17) is 10.00 Å². The molecule has 3 rings (SSSR count). The van der Waals surface area contributed by atoms with Gasteiger partial charge in [0.05, 0.1) is 11.6 Å². The normalized spacial score (nSPS) is 10.9. The van der Waals surface area contributed by atoms with E-state index >= 15 is 0 Å². The summed E-state index contributed by atoms with van der Waals surface area (Å²) in [5, 5.41) is 13.8. The standard InChI is InChI=1S/C17H15N5OS/c1-11-12(2)24-17-15(11)16(19-10-20-17)22-21-9-13-3-5-14(6-4-13)23-8-7-18/h3-6,9-10H,8H2,1-2H3,(H,19,20,22)/b21-9-. The molecule has 0 saturated heterocycles. The van der Waals surface area contributed by atoms with Crippen LogP contribution >= 0.6 is 11.3 Å². The summed E-state index contributed by atoms with van der Waals surface area (Å²) in [4.78, 5) is 10.8. The SMILES string of the molecule is Cc1sc2ncnc(N/N=C\c3ccc(OCC#N)cc3)c2c1C. The monoisotopic (exact) mass is 337 g/mol. The van der Waals surface area contributed by atoms with Crippen molar-refractivity contribution in [3.05, 3.63) is 46.6 Å². The zero-order valence-corrected chi connectivity index (χ0v) is 14.1. The van der Waals surface area contributed by atoms with Crippen molar-refractivity contribution in [3.63, 3.8) is 0 Å². The van der Waals surface area contributed by atoms with Crippen LogP contribution in [0.4, 0.5) is 5.82 Å². The Morgan fingerprint density at radius 2 is 2.08 bits per heavy atom. The fourth-order valence-electron chi connectivity index (χ4n) is 2.20. The van der Waals surface area contributed by atoms with Crippen molar-refractivity contribution in [2.75, 3.05) is 12.0 Å². The van der Waals surface area contributed by atoms with Crippen molar-refractivity contribution in [2.24, 2.45) is 5.10 Å². The van der Waals surface area contributed by atoms with Gasteiger partial charge in [-0.15, -0.1) is 11.3 Å². The molecule has 0 fully saturated rings. The lowest BCUT2D eigenvalue weighted by atomic mass is 10.2. The van der Waals surface area contributed by atoms with Crippen molar-refractivity contribution in [1.82, 2.24) is 9.97 Å². The van der Waals surface area contributed by atoms with Crippen LogP contribution in [0.25, 0.3) is 10.2 Å². The minimum Gasteiger partial charge on any atom is -0.479 e. The lowest BCUT2D eigenvalue weighted by Gasteiger charge is -2.03. The second kappa shape index (κ2) is 7.06. The number of aryl methyl sites for hydroxylation is 2. The van der Waals surface area contributed by atoms with Crippen LogP contribution < -0.4 is 10.2 Å². The molecule has 6 nitrogen and oxygen atoms in total. The van der Waals surface area contributed by atoms with Crippen LogP contribution in [0.5, 0.6) is 5.75 Å². The van der Waals surface area contributed by atoms with E-state index in [9.17, 15) is 0 Å². The van der Waals surface area contributed by atoms with Crippen molar-refractivity contribution in [2.45, 2.75) is 13.8 Å². The molecule has 0 aliphatic carbocycles. The van der Waals surface area contributed by atoms with E-state index in [2.05, 4.69) is 34.3 Å². The van der Waals surface area contributed by atoms with Gasteiger partial charge in [0, 0.05) is 4.88 Å². The highest BCUT2D eigenvalue weighted by Gasteiger charge is 2.11. The number of hydrogen-bond donors (Lipinski definition) is 1. The summed E-state index contributed by atoms with van der Waals surface area (Å²) in [6, 6.07) is 9.27. The van der Waals surface area contributed by atoms with Gasteiger partial charge in [0.25, 0.3) is 0 Å². The molecular weight excluding hydrogens is 322 g/mol. The first-order chi connectivity index (χ1) is 11.7. The smallest absolute Gasteiger partial charge is 0.174 e. The first kappa shape index (κ1) is 15.9. The van der Waals surface area contributed by atoms with E-state index in [1.165, 1.54) is 16.8 Å². The van der Waals surface area contributed by atoms with Gasteiger partial charge >= 0.3 is 0 Å². The van der Waals surface area contributed by atoms with Gasteiger partial charge in [-0.2, -0.15) is 10.4 Å². The molecular formula is C17H15N5OS. The molecule has 2 heterocycles. The fraction of sp³-hybridized carbons (Fsp3) is 0.176. The number of hydrogen-bond acceptors (Lipinski definition) is 7. The Labute approximate surface area is 143 Å². The molecule has 0 radical (unpaired) electrons. The van der Waals surface area contributed by atoms with Gasteiger partial charge in [0.15, 0.2) is 12.4 Å². The number of benzene rings is 1. The molecule has 120 valence electrons. The summed E-state index contributed by atoms with van der Waals surface area (Å²) >= 11 is 1.65. The van der Waals surface area contributed by atoms with Crippen LogP contribution in [0.1, 0.15) is 16.0 Å². The van der Waals surface area contributed by atoms with Crippen LogP contribution in [0, 0.1) is 25.2 Å². The molecule has 3 aromatic rings. The van der Waals surface area contributed by atoms with Gasteiger partial charge in [-0.25, -0.2) is 9.97 Å². The molecule has 0 saturated carbocycles. The molecule has 0 spiro atoms. The summed E-state index contributed by atoms with van der Waals surface area (Å²) < 4.78 is 5.21. The van der Waals surface area contributed by atoms with Crippen LogP contribution in [0.2, 0.25) is 0 Å². The molecule has 0 unspecified atom stereocenters. The zero-order valence-electron chi connectivity index (χ0n) is 13.3. The van der Waals surface area contributed by atoms with Gasteiger partial charge in [0.2, 0.25) is 0 Å². The van der Waals surface area contributed by atoms with Gasteiger partial charge in [-0.05, 0) is 49.2 Å². The number of nitrogens with zero attached hydrogens (tertiary/aromatic N) is 4. The Kier molecular flexibility index (Phi) is 4.68. The third-order valence-electron chi connectivity index (χ3n) is 3.53. The largest absolute Gasteiger partial charge is 0.479 e. The number of hydrazone groups is 1. The topological polar surface area (TPSA) is 83.2 Å². The summed E-state index contributed by atoms with van der Waals surface area (Å²) in [6.45, 7) is 4.18. The second-order valence-electron chi connectivity index (χ2n) is 5.07. The molecule has 24 heavy (non-hydrogen) atoms. The molecule has 0 aliphatic heterocycles. The minimum absolute atomic E-state index is 0.0398. The summed E-state index contributed by atoms with van der Waals surface area (Å²) in [7, 11) is 0. The number of thiophene rings is 1. The second-order valence-corrected chi connectivity index (χ2v) is 6.27. The van der Waals surface area contributed by atoms with Crippen LogP contribution in [0.3, 0.4) is 0 Å². The highest BCUT2D eigenvalue weighted by Crippen LogP contribution is 2.32. The number of rotatable bonds is 5. The average molecular weight is 337 g/mol. The quantitative estimate of drug-likeness (QED) is 0.567. The van der Waals surface area contributed by atoms with Gasteiger partial charge in [-0.1, -0.05) is 0 Å². The third kappa shape index (κ3) is 3.34. The number of nitrogens with one attached hydrogen (secondary N) is 1. The van der Waals surface area contributed by atoms with E-state index in [0.29, 0.717) is 11.6 Å². The zero-order chi connectivity index (χ0) is 16.9. The first-order valence-corrected chi connectivity index (χ1v) is 8.10. The molecule has 2 aromatic heterocycles. The maximum Gasteiger partial charge on any atom is 0.174 e. The average Bonchev–Trinajstić information content (AvgIpc) is 2.89. The van der Waals surface area contributed by atoms with Crippen LogP contribution in [0.15, 0.2) is 35.7 Å². The van der Waals surface area contributed by atoms with Crippen LogP contribution in [-0.2, 0) is 0 Å². The van der Waals surface area contributed by atoms with E-state index in [1.54, 1.807) is 29.7 Å². The number of anilines is 1. The summed E-state index contributed by atoms with van der Waals surface area (Å²) in [5.41, 5.74) is 5.08. The van der Waals surface area contributed by atoms with Gasteiger partial charge in [-0.3, -0.25) is 5.43 Å². The number of aromatic nitrogens is 2. The maximum absolute atomic E-state index is 8.49. The van der Waals surface area contributed by atoms with Crippen molar-refractivity contribution < 1.29 is 4.74 Å². The highest BCUT2D eigenvalue weighted by atomic mass is 32.1. The van der Waals surface area contributed by atoms with Crippen molar-refractivity contribution >= 4 is 33.6 Å². The maximum atomic E-state index is 8.49.